The maximum Gasteiger partial charge on any atom is 0.293 e. The van der Waals surface area contributed by atoms with Gasteiger partial charge < -0.3 is 9.88 Å². The van der Waals surface area contributed by atoms with Crippen molar-refractivity contribution < 1.29 is 0 Å². The van der Waals surface area contributed by atoms with Crippen LogP contribution in [0.2, 0.25) is 0 Å². The van der Waals surface area contributed by atoms with Crippen LogP contribution < -0.4 is 10.9 Å². The van der Waals surface area contributed by atoms with Crippen LogP contribution in [0.1, 0.15) is 20.8 Å². The molecule has 102 valence electrons. The molecule has 1 N–H and O–H groups in total. The number of nitrogens with zero attached hydrogens (tertiary/aromatic N) is 2. The van der Waals surface area contributed by atoms with Crippen molar-refractivity contribution in [1.29, 1.82) is 0 Å². The van der Waals surface area contributed by atoms with E-state index in [0.717, 1.165) is 18.8 Å². The molecular weight excluding hydrogens is 246 g/mol. The molecule has 0 amide bonds. The molecule has 18 heavy (non-hydrogen) atoms. The molecule has 0 radical (unpaired) electrons. The van der Waals surface area contributed by atoms with Gasteiger partial charge in [0.2, 0.25) is 0 Å². The lowest BCUT2D eigenvalue weighted by Gasteiger charge is -2.13. The summed E-state index contributed by atoms with van der Waals surface area (Å²) >= 11 is 1.82. The van der Waals surface area contributed by atoms with Crippen molar-refractivity contribution in [3.05, 3.63) is 22.7 Å². The number of thioether (sulfide) groups is 1. The van der Waals surface area contributed by atoms with Crippen LogP contribution in [0.25, 0.3) is 0 Å². The van der Waals surface area contributed by atoms with Crippen molar-refractivity contribution in [2.45, 2.75) is 27.3 Å². The topological polar surface area (TPSA) is 46.9 Å². The number of aromatic nitrogens is 2. The minimum absolute atomic E-state index is 0.0254. The van der Waals surface area contributed by atoms with E-state index in [-0.39, 0.29) is 5.56 Å². The Morgan fingerprint density at radius 1 is 1.44 bits per heavy atom. The first kappa shape index (κ1) is 15.1. The van der Waals surface area contributed by atoms with E-state index in [9.17, 15) is 4.79 Å². The van der Waals surface area contributed by atoms with Gasteiger partial charge in [-0.15, -0.1) is 0 Å². The van der Waals surface area contributed by atoms with Gasteiger partial charge >= 0.3 is 0 Å². The van der Waals surface area contributed by atoms with Crippen LogP contribution >= 0.6 is 11.8 Å². The van der Waals surface area contributed by atoms with Gasteiger partial charge in [0.05, 0.1) is 0 Å². The molecule has 0 saturated carbocycles. The zero-order chi connectivity index (χ0) is 13.5. The second-order valence-electron chi connectivity index (χ2n) is 5.07. The molecule has 1 aromatic heterocycles. The van der Waals surface area contributed by atoms with E-state index in [4.69, 9.17) is 0 Å². The van der Waals surface area contributed by atoms with Crippen LogP contribution in [0.5, 0.6) is 0 Å². The monoisotopic (exact) mass is 269 g/mol. The Hall–Kier alpha value is -0.970. The fraction of sp³-hybridized carbons (Fsp3) is 0.692. The summed E-state index contributed by atoms with van der Waals surface area (Å²) in [6.07, 6.45) is 5.52. The third-order valence-corrected chi connectivity index (χ3v) is 3.45. The van der Waals surface area contributed by atoms with Gasteiger partial charge in [-0.3, -0.25) is 4.79 Å². The quantitative estimate of drug-likeness (QED) is 0.825. The fourth-order valence-corrected chi connectivity index (χ4v) is 2.41. The molecule has 1 heterocycles. The third-order valence-electron chi connectivity index (χ3n) is 2.54. The van der Waals surface area contributed by atoms with Gasteiger partial charge in [-0.25, -0.2) is 4.98 Å². The normalized spacial score (nSPS) is 12.7. The van der Waals surface area contributed by atoms with Crippen molar-refractivity contribution in [3.63, 3.8) is 0 Å². The summed E-state index contributed by atoms with van der Waals surface area (Å²) in [5, 5.41) is 3.15. The van der Waals surface area contributed by atoms with Crippen LogP contribution in [0.15, 0.2) is 17.2 Å². The summed E-state index contributed by atoms with van der Waals surface area (Å²) in [5.74, 6) is 2.53. The van der Waals surface area contributed by atoms with Gasteiger partial charge in [0, 0.05) is 25.5 Å². The Kier molecular flexibility index (Phi) is 6.25. The molecule has 0 fully saturated rings. The number of hydrogen-bond donors (Lipinski definition) is 1. The number of hydrogen-bond acceptors (Lipinski definition) is 4. The van der Waals surface area contributed by atoms with Crippen molar-refractivity contribution >= 4 is 17.6 Å². The highest BCUT2D eigenvalue weighted by Crippen LogP contribution is 2.05. The zero-order valence-electron chi connectivity index (χ0n) is 11.6. The smallest absolute Gasteiger partial charge is 0.293 e. The Labute approximate surface area is 113 Å². The molecule has 4 nitrogen and oxygen atoms in total. The molecule has 0 aromatic carbocycles. The minimum atomic E-state index is -0.0254. The Morgan fingerprint density at radius 3 is 2.78 bits per heavy atom. The predicted octanol–water partition coefficient (Wildman–Crippen LogP) is 2.31. The predicted molar refractivity (Wildman–Crippen MR) is 79.4 cm³/mol. The largest absolute Gasteiger partial charge is 0.365 e. The summed E-state index contributed by atoms with van der Waals surface area (Å²) in [6.45, 7) is 7.88. The van der Waals surface area contributed by atoms with Crippen molar-refractivity contribution in [3.8, 4) is 0 Å². The summed E-state index contributed by atoms with van der Waals surface area (Å²) in [5.41, 5.74) is -0.0254. The molecule has 1 rings (SSSR count). The standard InChI is InChI=1S/C13H23N3OS/c1-10(2)8-16-6-5-14-12(13(16)17)15-7-11(3)9-18-4/h5-6,10-11H,7-9H2,1-4H3,(H,14,15). The van der Waals surface area contributed by atoms with E-state index in [1.54, 1.807) is 17.0 Å². The van der Waals surface area contributed by atoms with E-state index in [2.05, 4.69) is 37.3 Å². The summed E-state index contributed by atoms with van der Waals surface area (Å²) in [4.78, 5) is 16.2. The van der Waals surface area contributed by atoms with Crippen molar-refractivity contribution in [2.24, 2.45) is 11.8 Å². The molecule has 0 aliphatic rings. The molecular formula is C13H23N3OS. The molecule has 0 bridgehead atoms. The van der Waals surface area contributed by atoms with E-state index in [0.29, 0.717) is 17.7 Å². The first-order valence-electron chi connectivity index (χ1n) is 6.32. The molecule has 1 atom stereocenters. The average molecular weight is 269 g/mol. The molecule has 1 aromatic rings. The molecule has 0 spiro atoms. The summed E-state index contributed by atoms with van der Waals surface area (Å²) < 4.78 is 1.72. The van der Waals surface area contributed by atoms with Gasteiger partial charge in [0.15, 0.2) is 5.82 Å². The molecule has 0 saturated heterocycles. The van der Waals surface area contributed by atoms with Crippen LogP contribution in [0.3, 0.4) is 0 Å². The van der Waals surface area contributed by atoms with Gasteiger partial charge in [-0.05, 0) is 23.8 Å². The lowest BCUT2D eigenvalue weighted by molar-refractivity contribution is 0.509. The van der Waals surface area contributed by atoms with Crippen molar-refractivity contribution in [2.75, 3.05) is 23.9 Å². The first-order chi connectivity index (χ1) is 8.54. The lowest BCUT2D eigenvalue weighted by atomic mass is 10.2. The Morgan fingerprint density at radius 2 is 2.17 bits per heavy atom. The lowest BCUT2D eigenvalue weighted by Crippen LogP contribution is -2.27. The van der Waals surface area contributed by atoms with E-state index < -0.39 is 0 Å². The highest BCUT2D eigenvalue weighted by atomic mass is 32.2. The van der Waals surface area contributed by atoms with Gasteiger partial charge in [-0.2, -0.15) is 11.8 Å². The summed E-state index contributed by atoms with van der Waals surface area (Å²) in [7, 11) is 0. The second-order valence-corrected chi connectivity index (χ2v) is 5.98. The number of rotatable bonds is 7. The highest BCUT2D eigenvalue weighted by molar-refractivity contribution is 7.98. The average Bonchev–Trinajstić information content (AvgIpc) is 2.30. The highest BCUT2D eigenvalue weighted by Gasteiger charge is 2.07. The van der Waals surface area contributed by atoms with Crippen molar-refractivity contribution in [1.82, 2.24) is 9.55 Å². The van der Waals surface area contributed by atoms with Gasteiger partial charge in [0.25, 0.3) is 5.56 Å². The van der Waals surface area contributed by atoms with E-state index in [1.807, 2.05) is 11.8 Å². The maximum atomic E-state index is 12.1. The maximum absolute atomic E-state index is 12.1. The first-order valence-corrected chi connectivity index (χ1v) is 7.72. The van der Waals surface area contributed by atoms with E-state index in [1.165, 1.54) is 0 Å². The fourth-order valence-electron chi connectivity index (χ4n) is 1.72. The third kappa shape index (κ3) is 4.72. The number of nitrogens with one attached hydrogen (secondary N) is 1. The van der Waals surface area contributed by atoms with Gasteiger partial charge in [0.1, 0.15) is 0 Å². The van der Waals surface area contributed by atoms with E-state index >= 15 is 0 Å². The van der Waals surface area contributed by atoms with Crippen LogP contribution in [0, 0.1) is 11.8 Å². The molecule has 5 heteroatoms. The SMILES string of the molecule is CSCC(C)CNc1nccn(CC(C)C)c1=O. The number of anilines is 1. The van der Waals surface area contributed by atoms with Crippen LogP contribution in [0.4, 0.5) is 5.82 Å². The Bertz CT molecular complexity index is 417. The zero-order valence-corrected chi connectivity index (χ0v) is 12.5. The molecule has 0 aliphatic heterocycles. The second kappa shape index (κ2) is 7.46. The van der Waals surface area contributed by atoms with Gasteiger partial charge in [-0.1, -0.05) is 20.8 Å². The summed E-state index contributed by atoms with van der Waals surface area (Å²) in [6, 6.07) is 0. The molecule has 0 aliphatic carbocycles. The Balaban J connectivity index is 2.69. The molecule has 1 unspecified atom stereocenters. The minimum Gasteiger partial charge on any atom is -0.365 e. The van der Waals surface area contributed by atoms with Crippen LogP contribution in [-0.2, 0) is 6.54 Å². The van der Waals surface area contributed by atoms with Crippen LogP contribution in [-0.4, -0.2) is 28.1 Å².